The lowest BCUT2D eigenvalue weighted by atomic mass is 10.2. The number of rotatable bonds is 5. The summed E-state index contributed by atoms with van der Waals surface area (Å²) in [5.41, 5.74) is 1.22. The highest BCUT2D eigenvalue weighted by atomic mass is 16.6. The molecular weight excluding hydrogens is 272 g/mol. The Morgan fingerprint density at radius 2 is 1.95 bits per heavy atom. The van der Waals surface area contributed by atoms with E-state index in [-0.39, 0.29) is 11.4 Å². The van der Waals surface area contributed by atoms with Crippen LogP contribution in [0, 0.1) is 20.2 Å². The molecule has 20 heavy (non-hydrogen) atoms. The average Bonchev–Trinajstić information content (AvgIpc) is 2.43. The van der Waals surface area contributed by atoms with Gasteiger partial charge in [-0.1, -0.05) is 0 Å². The van der Waals surface area contributed by atoms with E-state index in [2.05, 4.69) is 15.3 Å². The first kappa shape index (κ1) is 15.0. The highest BCUT2D eigenvalue weighted by Crippen LogP contribution is 2.28. The fraction of sp³-hybridized carbons (Fsp3) is 0.200. The number of benzene rings is 1. The van der Waals surface area contributed by atoms with Gasteiger partial charge in [0.25, 0.3) is 5.69 Å². The zero-order chi connectivity index (χ0) is 15.3. The molecule has 1 aromatic carbocycles. The molecule has 0 aliphatic carbocycles. The number of non-ortho nitro benzene ring substituents is 1. The SMILES string of the molecule is COC(=O)/C(C)=N/Nc1ccc([N+](=O)[O-])cc1[N+](=O)[O-]. The lowest BCUT2D eigenvalue weighted by molar-refractivity contribution is -0.393. The molecular formula is C10H10N4O6. The van der Waals surface area contributed by atoms with Gasteiger partial charge < -0.3 is 4.74 Å². The molecule has 0 spiro atoms. The van der Waals surface area contributed by atoms with Gasteiger partial charge in [0.2, 0.25) is 0 Å². The minimum atomic E-state index is -0.793. The molecule has 10 nitrogen and oxygen atoms in total. The first-order valence-corrected chi connectivity index (χ1v) is 5.18. The molecule has 1 rings (SSSR count). The summed E-state index contributed by atoms with van der Waals surface area (Å²) in [7, 11) is 1.16. The Morgan fingerprint density at radius 3 is 2.45 bits per heavy atom. The number of nitro groups is 2. The number of nitrogens with one attached hydrogen (secondary N) is 1. The first-order chi connectivity index (χ1) is 9.36. The smallest absolute Gasteiger partial charge is 0.353 e. The van der Waals surface area contributed by atoms with Crippen molar-refractivity contribution in [3.05, 3.63) is 38.4 Å². The van der Waals surface area contributed by atoms with Gasteiger partial charge in [-0.25, -0.2) is 4.79 Å². The molecule has 0 unspecified atom stereocenters. The molecule has 0 heterocycles. The summed E-state index contributed by atoms with van der Waals surface area (Å²) in [4.78, 5) is 30.9. The molecule has 0 amide bonds. The summed E-state index contributed by atoms with van der Waals surface area (Å²) < 4.78 is 4.40. The third kappa shape index (κ3) is 3.48. The third-order valence-electron chi connectivity index (χ3n) is 2.21. The third-order valence-corrected chi connectivity index (χ3v) is 2.21. The van der Waals surface area contributed by atoms with Gasteiger partial charge in [0.05, 0.1) is 23.0 Å². The van der Waals surface area contributed by atoms with Crippen LogP contribution in [0.25, 0.3) is 0 Å². The van der Waals surface area contributed by atoms with Gasteiger partial charge in [0.1, 0.15) is 11.4 Å². The lowest BCUT2D eigenvalue weighted by Crippen LogP contribution is -2.13. The van der Waals surface area contributed by atoms with Crippen LogP contribution < -0.4 is 5.43 Å². The van der Waals surface area contributed by atoms with Crippen LogP contribution in [0.1, 0.15) is 6.92 Å². The second-order valence-electron chi connectivity index (χ2n) is 3.52. The van der Waals surface area contributed by atoms with Crippen molar-refractivity contribution in [1.29, 1.82) is 0 Å². The Bertz CT molecular complexity index is 597. The van der Waals surface area contributed by atoms with Crippen molar-refractivity contribution in [2.24, 2.45) is 5.10 Å². The molecule has 10 heteroatoms. The number of methoxy groups -OCH3 is 1. The minimum Gasteiger partial charge on any atom is -0.464 e. The molecule has 0 aliphatic heterocycles. The number of hydrazone groups is 1. The molecule has 0 saturated heterocycles. The van der Waals surface area contributed by atoms with E-state index in [0.717, 1.165) is 25.3 Å². The van der Waals surface area contributed by atoms with E-state index < -0.39 is 27.2 Å². The quantitative estimate of drug-likeness (QED) is 0.373. The number of esters is 1. The molecule has 0 aromatic heterocycles. The number of nitro benzene ring substituents is 2. The fourth-order valence-electron chi connectivity index (χ4n) is 1.22. The van der Waals surface area contributed by atoms with E-state index in [9.17, 15) is 25.0 Å². The monoisotopic (exact) mass is 282 g/mol. The van der Waals surface area contributed by atoms with E-state index in [1.54, 1.807) is 0 Å². The van der Waals surface area contributed by atoms with E-state index >= 15 is 0 Å². The number of nitrogens with zero attached hydrogens (tertiary/aromatic N) is 3. The number of carbonyl (C=O) groups is 1. The standard InChI is InChI=1S/C10H10N4O6/c1-6(10(15)20-2)11-12-8-4-3-7(13(16)17)5-9(8)14(18)19/h3-5,12H,1-2H3/b11-6+. The summed E-state index contributed by atoms with van der Waals surface area (Å²) in [6.07, 6.45) is 0. The van der Waals surface area contributed by atoms with Crippen LogP contribution in [-0.2, 0) is 9.53 Å². The number of anilines is 1. The van der Waals surface area contributed by atoms with E-state index in [0.29, 0.717) is 0 Å². The maximum absolute atomic E-state index is 11.1. The Balaban J connectivity index is 3.10. The van der Waals surface area contributed by atoms with Gasteiger partial charge in [0.15, 0.2) is 0 Å². The van der Waals surface area contributed by atoms with Crippen molar-refractivity contribution < 1.29 is 19.4 Å². The van der Waals surface area contributed by atoms with Gasteiger partial charge in [-0.3, -0.25) is 25.7 Å². The Hall–Kier alpha value is -3.04. The molecule has 106 valence electrons. The fourth-order valence-corrected chi connectivity index (χ4v) is 1.22. The van der Waals surface area contributed by atoms with Crippen LogP contribution >= 0.6 is 0 Å². The van der Waals surface area contributed by atoms with Gasteiger partial charge in [0, 0.05) is 6.07 Å². The zero-order valence-electron chi connectivity index (χ0n) is 10.5. The molecule has 0 saturated carbocycles. The van der Waals surface area contributed by atoms with E-state index in [1.807, 2.05) is 0 Å². The minimum absolute atomic E-state index is 0.0554. The first-order valence-electron chi connectivity index (χ1n) is 5.18. The molecule has 0 radical (unpaired) electrons. The zero-order valence-corrected chi connectivity index (χ0v) is 10.5. The number of carbonyl (C=O) groups excluding carboxylic acids is 1. The normalized spacial score (nSPS) is 10.8. The van der Waals surface area contributed by atoms with Crippen LogP contribution in [0.3, 0.4) is 0 Å². The molecule has 0 fully saturated rings. The molecule has 1 aromatic rings. The topological polar surface area (TPSA) is 137 Å². The largest absolute Gasteiger partial charge is 0.464 e. The van der Waals surface area contributed by atoms with Crippen molar-refractivity contribution in [3.63, 3.8) is 0 Å². The second kappa shape index (κ2) is 6.22. The lowest BCUT2D eigenvalue weighted by Gasteiger charge is -2.03. The maximum atomic E-state index is 11.1. The highest BCUT2D eigenvalue weighted by Gasteiger charge is 2.19. The van der Waals surface area contributed by atoms with Crippen molar-refractivity contribution in [2.45, 2.75) is 6.92 Å². The predicted octanol–water partition coefficient (Wildman–Crippen LogP) is 1.46. The van der Waals surface area contributed by atoms with Crippen molar-refractivity contribution in [2.75, 3.05) is 12.5 Å². The van der Waals surface area contributed by atoms with Crippen LogP contribution in [0.15, 0.2) is 23.3 Å². The van der Waals surface area contributed by atoms with Crippen LogP contribution in [-0.4, -0.2) is 28.6 Å². The molecule has 0 atom stereocenters. The molecule has 0 aliphatic rings. The highest BCUT2D eigenvalue weighted by molar-refractivity contribution is 6.35. The Labute approximate surface area is 112 Å². The second-order valence-corrected chi connectivity index (χ2v) is 3.52. The van der Waals surface area contributed by atoms with Crippen molar-refractivity contribution >= 4 is 28.7 Å². The summed E-state index contributed by atoms with van der Waals surface area (Å²) in [5.74, 6) is -0.706. The van der Waals surface area contributed by atoms with Gasteiger partial charge in [-0.2, -0.15) is 5.10 Å². The van der Waals surface area contributed by atoms with Crippen LogP contribution in [0.5, 0.6) is 0 Å². The van der Waals surface area contributed by atoms with Gasteiger partial charge in [-0.05, 0) is 13.0 Å². The Morgan fingerprint density at radius 1 is 1.30 bits per heavy atom. The summed E-state index contributed by atoms with van der Waals surface area (Å²) >= 11 is 0. The summed E-state index contributed by atoms with van der Waals surface area (Å²) in [6.45, 7) is 1.34. The van der Waals surface area contributed by atoms with E-state index in [1.165, 1.54) is 6.92 Å². The van der Waals surface area contributed by atoms with Gasteiger partial charge >= 0.3 is 11.7 Å². The van der Waals surface area contributed by atoms with Crippen molar-refractivity contribution in [3.8, 4) is 0 Å². The molecule has 0 bridgehead atoms. The van der Waals surface area contributed by atoms with Crippen LogP contribution in [0.4, 0.5) is 17.1 Å². The average molecular weight is 282 g/mol. The Kier molecular flexibility index (Phi) is 4.67. The van der Waals surface area contributed by atoms with Crippen molar-refractivity contribution in [1.82, 2.24) is 0 Å². The number of ether oxygens (including phenoxy) is 1. The number of hydrogen-bond acceptors (Lipinski definition) is 8. The van der Waals surface area contributed by atoms with Gasteiger partial charge in [-0.15, -0.1) is 0 Å². The van der Waals surface area contributed by atoms with E-state index in [4.69, 9.17) is 0 Å². The summed E-state index contributed by atoms with van der Waals surface area (Å²) in [6, 6.07) is 3.01. The van der Waals surface area contributed by atoms with Crippen LogP contribution in [0.2, 0.25) is 0 Å². The molecule has 1 N–H and O–H groups in total. The summed E-state index contributed by atoms with van der Waals surface area (Å²) in [5, 5.41) is 25.0. The maximum Gasteiger partial charge on any atom is 0.353 e. The predicted molar refractivity (Wildman–Crippen MR) is 68.5 cm³/mol. The number of hydrogen-bond donors (Lipinski definition) is 1.